The average molecular weight is 430 g/mol. The van der Waals surface area contributed by atoms with Crippen molar-refractivity contribution in [3.63, 3.8) is 0 Å². The number of phenolic OH excluding ortho intramolecular Hbond substituents is 2. The molecule has 0 aliphatic carbocycles. The molecule has 1 aromatic heterocycles. The zero-order chi connectivity index (χ0) is 21.4. The number of hydrogen-bond acceptors (Lipinski definition) is 6. The summed E-state index contributed by atoms with van der Waals surface area (Å²) < 4.78 is 12.1. The first-order valence-electron chi connectivity index (χ1n) is 9.98. The van der Waals surface area contributed by atoms with Crippen molar-refractivity contribution in [1.82, 2.24) is 4.90 Å². The van der Waals surface area contributed by atoms with Crippen LogP contribution < -0.4 is 5.43 Å². The molecule has 1 fully saturated rings. The van der Waals surface area contributed by atoms with Crippen LogP contribution in [0, 0.1) is 0 Å². The van der Waals surface area contributed by atoms with E-state index in [1.807, 2.05) is 14.0 Å². The van der Waals surface area contributed by atoms with E-state index in [0.29, 0.717) is 35.7 Å². The van der Waals surface area contributed by atoms with Crippen molar-refractivity contribution in [3.05, 3.63) is 57.2 Å². The summed E-state index contributed by atoms with van der Waals surface area (Å²) in [6.07, 6.45) is 0.538. The Morgan fingerprint density at radius 3 is 2.73 bits per heavy atom. The molecule has 3 aromatic rings. The molecule has 30 heavy (non-hydrogen) atoms. The first kappa shape index (κ1) is 20.7. The smallest absolute Gasteiger partial charge is 0.197 e. The van der Waals surface area contributed by atoms with Gasteiger partial charge >= 0.3 is 0 Å². The number of piperidine rings is 1. The number of likely N-dealkylation sites (N-methyl/N-ethyl adjacent to an activating group) is 1. The van der Waals surface area contributed by atoms with Crippen LogP contribution in [-0.2, 0) is 4.74 Å². The Bertz CT molecular complexity index is 1140. The van der Waals surface area contributed by atoms with Crippen molar-refractivity contribution in [3.8, 4) is 22.8 Å². The van der Waals surface area contributed by atoms with Gasteiger partial charge in [-0.2, -0.15) is 0 Å². The van der Waals surface area contributed by atoms with Crippen LogP contribution in [0.5, 0.6) is 11.5 Å². The number of fused-ring (bicyclic) bond motifs is 1. The maximum atomic E-state index is 12.9. The van der Waals surface area contributed by atoms with E-state index in [9.17, 15) is 15.0 Å². The minimum absolute atomic E-state index is 0.0489. The van der Waals surface area contributed by atoms with Crippen molar-refractivity contribution in [1.29, 1.82) is 0 Å². The number of rotatable bonds is 4. The molecule has 0 unspecified atom stereocenters. The molecule has 1 aliphatic rings. The van der Waals surface area contributed by atoms with E-state index in [1.54, 1.807) is 24.3 Å². The molecule has 1 aliphatic heterocycles. The molecule has 158 valence electrons. The topological polar surface area (TPSA) is 83.1 Å². The number of aromatic hydroxyl groups is 2. The molecular weight excluding hydrogens is 406 g/mol. The Kier molecular flexibility index (Phi) is 5.73. The highest BCUT2D eigenvalue weighted by Gasteiger charge is 2.34. The van der Waals surface area contributed by atoms with Gasteiger partial charge in [0.05, 0.1) is 11.1 Å². The maximum absolute atomic E-state index is 12.9. The fourth-order valence-corrected chi connectivity index (χ4v) is 4.49. The van der Waals surface area contributed by atoms with Gasteiger partial charge < -0.3 is 24.3 Å². The molecular formula is C23H24ClNO5. The molecule has 0 spiro atoms. The summed E-state index contributed by atoms with van der Waals surface area (Å²) >= 11 is 6.31. The minimum Gasteiger partial charge on any atom is -0.507 e. The summed E-state index contributed by atoms with van der Waals surface area (Å²) in [7, 11) is 2.02. The lowest BCUT2D eigenvalue weighted by atomic mass is 9.85. The van der Waals surface area contributed by atoms with Crippen LogP contribution in [-0.4, -0.2) is 48.0 Å². The van der Waals surface area contributed by atoms with Crippen molar-refractivity contribution in [2.45, 2.75) is 25.4 Å². The van der Waals surface area contributed by atoms with Gasteiger partial charge in [-0.05, 0) is 39.1 Å². The second-order valence-corrected chi connectivity index (χ2v) is 8.05. The summed E-state index contributed by atoms with van der Waals surface area (Å²) in [5, 5.41) is 21.7. The maximum Gasteiger partial charge on any atom is 0.197 e. The molecule has 2 heterocycles. The quantitative estimate of drug-likeness (QED) is 0.641. The van der Waals surface area contributed by atoms with Crippen LogP contribution in [0.3, 0.4) is 0 Å². The van der Waals surface area contributed by atoms with Gasteiger partial charge in [0, 0.05) is 42.3 Å². The molecule has 0 radical (unpaired) electrons. The molecule has 7 heteroatoms. The number of nitrogens with zero attached hydrogens (tertiary/aromatic N) is 1. The van der Waals surface area contributed by atoms with Crippen molar-refractivity contribution < 1.29 is 19.4 Å². The highest BCUT2D eigenvalue weighted by Crippen LogP contribution is 2.43. The second kappa shape index (κ2) is 8.30. The number of hydrogen-bond donors (Lipinski definition) is 2. The largest absolute Gasteiger partial charge is 0.507 e. The molecule has 0 amide bonds. The van der Waals surface area contributed by atoms with Crippen molar-refractivity contribution >= 4 is 22.6 Å². The Morgan fingerprint density at radius 2 is 2.00 bits per heavy atom. The molecule has 0 bridgehead atoms. The Balaban J connectivity index is 1.97. The van der Waals surface area contributed by atoms with Gasteiger partial charge in [0.2, 0.25) is 0 Å². The number of halogens is 1. The van der Waals surface area contributed by atoms with Gasteiger partial charge in [0.1, 0.15) is 28.2 Å². The first-order valence-corrected chi connectivity index (χ1v) is 10.4. The summed E-state index contributed by atoms with van der Waals surface area (Å²) in [4.78, 5) is 15.1. The normalized spacial score (nSPS) is 20.0. The second-order valence-electron chi connectivity index (χ2n) is 7.64. The standard InChI is InChI=1S/C23H24ClNO5/c1-3-29-20-12-25(2)9-8-14(20)21-16(26)10-17(27)22-18(28)11-19(30-23(21)22)13-6-4-5-7-15(13)24/h4-7,10-11,14,20,26-27H,3,8-9,12H2,1-2H3/t14-,20+/m1/s1. The Morgan fingerprint density at radius 1 is 1.23 bits per heavy atom. The van der Waals surface area contributed by atoms with E-state index in [0.717, 1.165) is 6.54 Å². The molecule has 0 saturated carbocycles. The van der Waals surface area contributed by atoms with E-state index < -0.39 is 5.43 Å². The number of benzene rings is 2. The molecule has 2 aromatic carbocycles. The third-order valence-electron chi connectivity index (χ3n) is 5.65. The van der Waals surface area contributed by atoms with E-state index >= 15 is 0 Å². The Hall–Kier alpha value is -2.54. The van der Waals surface area contributed by atoms with Crippen LogP contribution >= 0.6 is 11.6 Å². The third-order valence-corrected chi connectivity index (χ3v) is 5.98. The van der Waals surface area contributed by atoms with E-state index in [2.05, 4.69) is 4.90 Å². The van der Waals surface area contributed by atoms with Gasteiger partial charge in [0.15, 0.2) is 5.43 Å². The molecule has 2 N–H and O–H groups in total. The lowest BCUT2D eigenvalue weighted by Crippen LogP contribution is -2.42. The highest BCUT2D eigenvalue weighted by atomic mass is 35.5. The average Bonchev–Trinajstić information content (AvgIpc) is 2.69. The predicted octanol–water partition coefficient (Wildman–Crippen LogP) is 4.35. The monoisotopic (exact) mass is 429 g/mol. The summed E-state index contributed by atoms with van der Waals surface area (Å²) in [6.45, 7) is 3.95. The van der Waals surface area contributed by atoms with Gasteiger partial charge in [0.25, 0.3) is 0 Å². The molecule has 4 rings (SSSR count). The zero-order valence-electron chi connectivity index (χ0n) is 16.9. The number of ether oxygens (including phenoxy) is 1. The summed E-state index contributed by atoms with van der Waals surface area (Å²) in [6, 6.07) is 9.59. The van der Waals surface area contributed by atoms with Gasteiger partial charge in [-0.1, -0.05) is 23.7 Å². The van der Waals surface area contributed by atoms with E-state index in [1.165, 1.54) is 12.1 Å². The fraction of sp³-hybridized carbons (Fsp3) is 0.348. The molecule has 6 nitrogen and oxygen atoms in total. The summed E-state index contributed by atoms with van der Waals surface area (Å²) in [5.74, 6) is -0.329. The summed E-state index contributed by atoms with van der Waals surface area (Å²) in [5.41, 5.74) is 0.831. The SMILES string of the molecule is CCO[C@H]1CN(C)CC[C@H]1c1c(O)cc(O)c2c(=O)cc(-c3ccccc3Cl)oc12. The third kappa shape index (κ3) is 3.67. The van der Waals surface area contributed by atoms with E-state index in [-0.39, 0.29) is 40.3 Å². The molecule has 1 saturated heterocycles. The van der Waals surface area contributed by atoms with Crippen molar-refractivity contribution in [2.24, 2.45) is 0 Å². The number of likely N-dealkylation sites (tertiary alicyclic amines) is 1. The van der Waals surface area contributed by atoms with Crippen LogP contribution in [0.25, 0.3) is 22.3 Å². The van der Waals surface area contributed by atoms with Gasteiger partial charge in [-0.25, -0.2) is 0 Å². The van der Waals surface area contributed by atoms with Crippen LogP contribution in [0.15, 0.2) is 45.6 Å². The van der Waals surface area contributed by atoms with Crippen molar-refractivity contribution in [2.75, 3.05) is 26.7 Å². The van der Waals surface area contributed by atoms with Gasteiger partial charge in [-0.3, -0.25) is 4.79 Å². The fourth-order valence-electron chi connectivity index (χ4n) is 4.26. The van der Waals surface area contributed by atoms with E-state index in [4.69, 9.17) is 20.8 Å². The van der Waals surface area contributed by atoms with Gasteiger partial charge in [-0.15, -0.1) is 0 Å². The lowest BCUT2D eigenvalue weighted by molar-refractivity contribution is -0.00268. The van der Waals surface area contributed by atoms with Crippen LogP contribution in [0.1, 0.15) is 24.8 Å². The minimum atomic E-state index is -0.397. The lowest BCUT2D eigenvalue weighted by Gasteiger charge is -2.37. The van der Waals surface area contributed by atoms with Crippen LogP contribution in [0.4, 0.5) is 0 Å². The first-order chi connectivity index (χ1) is 14.4. The zero-order valence-corrected chi connectivity index (χ0v) is 17.6. The highest BCUT2D eigenvalue weighted by molar-refractivity contribution is 6.33. The molecule has 2 atom stereocenters. The Labute approximate surface area is 179 Å². The predicted molar refractivity (Wildman–Crippen MR) is 117 cm³/mol. The number of phenols is 2. The van der Waals surface area contributed by atoms with Crippen LogP contribution in [0.2, 0.25) is 5.02 Å².